The molecule has 0 bridgehead atoms. The first-order chi connectivity index (χ1) is 13.0. The van der Waals surface area contributed by atoms with E-state index >= 15 is 0 Å². The zero-order valence-corrected chi connectivity index (χ0v) is 16.6. The van der Waals surface area contributed by atoms with Crippen LogP contribution in [0.4, 0.5) is 4.79 Å². The van der Waals surface area contributed by atoms with E-state index in [1.165, 1.54) is 5.57 Å². The Morgan fingerprint density at radius 2 is 2.00 bits per heavy atom. The smallest absolute Gasteiger partial charge is 0.410 e. The Hall–Kier alpha value is -2.15. The molecule has 0 spiro atoms. The SMILES string of the molecule is CC(C)OC(=O)N1CCC(COc2cnc(C3=CCN(C)CC3)cn2)CC1. The molecule has 7 heteroatoms. The Labute approximate surface area is 161 Å². The lowest BCUT2D eigenvalue weighted by Crippen LogP contribution is -2.40. The second kappa shape index (κ2) is 9.17. The minimum Gasteiger partial charge on any atom is -0.476 e. The molecule has 3 rings (SSSR count). The molecule has 0 N–H and O–H groups in total. The van der Waals surface area contributed by atoms with Gasteiger partial charge in [0.1, 0.15) is 0 Å². The van der Waals surface area contributed by atoms with Crippen LogP contribution in [0.15, 0.2) is 18.5 Å². The summed E-state index contributed by atoms with van der Waals surface area (Å²) in [6, 6.07) is 0. The predicted octanol–water partition coefficient (Wildman–Crippen LogP) is 2.83. The van der Waals surface area contributed by atoms with Crippen LogP contribution in [0.25, 0.3) is 5.57 Å². The minimum atomic E-state index is -0.214. The highest BCUT2D eigenvalue weighted by Crippen LogP contribution is 2.22. The third-order valence-electron chi connectivity index (χ3n) is 5.05. The minimum absolute atomic E-state index is 0.0783. The molecular weight excluding hydrogens is 344 g/mol. The monoisotopic (exact) mass is 374 g/mol. The molecule has 1 fully saturated rings. The van der Waals surface area contributed by atoms with Gasteiger partial charge in [-0.25, -0.2) is 14.8 Å². The molecule has 0 aliphatic carbocycles. The number of ether oxygens (including phenoxy) is 2. The summed E-state index contributed by atoms with van der Waals surface area (Å²) in [6.45, 7) is 7.78. The molecule has 148 valence electrons. The Balaban J connectivity index is 1.43. The van der Waals surface area contributed by atoms with Gasteiger partial charge in [0.25, 0.3) is 0 Å². The molecule has 7 nitrogen and oxygen atoms in total. The van der Waals surface area contributed by atoms with Crippen molar-refractivity contribution in [2.45, 2.75) is 39.2 Å². The maximum atomic E-state index is 11.9. The van der Waals surface area contributed by atoms with Crippen LogP contribution in [0.5, 0.6) is 5.88 Å². The van der Waals surface area contributed by atoms with Crippen LogP contribution >= 0.6 is 0 Å². The summed E-state index contributed by atoms with van der Waals surface area (Å²) in [6.07, 6.45) is 8.27. The maximum Gasteiger partial charge on any atom is 0.410 e. The van der Waals surface area contributed by atoms with Gasteiger partial charge in [-0.1, -0.05) is 6.08 Å². The Bertz CT molecular complexity index is 652. The lowest BCUT2D eigenvalue weighted by Gasteiger charge is -2.31. The number of carbonyl (C=O) groups excluding carboxylic acids is 1. The van der Waals surface area contributed by atoms with Crippen LogP contribution in [-0.2, 0) is 4.74 Å². The molecule has 3 heterocycles. The Morgan fingerprint density at radius 1 is 1.22 bits per heavy atom. The van der Waals surface area contributed by atoms with Gasteiger partial charge in [-0.2, -0.15) is 0 Å². The third-order valence-corrected chi connectivity index (χ3v) is 5.05. The molecule has 27 heavy (non-hydrogen) atoms. The summed E-state index contributed by atoms with van der Waals surface area (Å²) in [5.74, 6) is 0.986. The number of likely N-dealkylation sites (N-methyl/N-ethyl adjacent to an activating group) is 1. The van der Waals surface area contributed by atoms with E-state index in [1.54, 1.807) is 17.3 Å². The molecular formula is C20H30N4O3. The first kappa shape index (κ1) is 19.6. The van der Waals surface area contributed by atoms with Crippen molar-refractivity contribution in [3.05, 3.63) is 24.2 Å². The standard InChI is InChI=1S/C20H30N4O3/c1-15(2)27-20(25)24-10-4-16(5-11-24)14-26-19-13-21-18(12-22-19)17-6-8-23(3)9-7-17/h6,12-13,15-16H,4-5,7-11,14H2,1-3H3. The molecule has 0 atom stereocenters. The first-order valence-electron chi connectivity index (χ1n) is 9.79. The van der Waals surface area contributed by atoms with Crippen LogP contribution in [0.3, 0.4) is 0 Å². The van der Waals surface area contributed by atoms with E-state index in [-0.39, 0.29) is 12.2 Å². The quantitative estimate of drug-likeness (QED) is 0.789. The van der Waals surface area contributed by atoms with Gasteiger partial charge in [0, 0.05) is 26.2 Å². The summed E-state index contributed by atoms with van der Waals surface area (Å²) in [5, 5.41) is 0. The topological polar surface area (TPSA) is 67.8 Å². The van der Waals surface area contributed by atoms with E-state index in [9.17, 15) is 4.79 Å². The molecule has 2 aliphatic heterocycles. The number of carbonyl (C=O) groups is 1. The predicted molar refractivity (Wildman–Crippen MR) is 104 cm³/mol. The van der Waals surface area contributed by atoms with Gasteiger partial charge in [0.15, 0.2) is 0 Å². The van der Waals surface area contributed by atoms with Crippen LogP contribution in [0, 0.1) is 5.92 Å². The summed E-state index contributed by atoms with van der Waals surface area (Å²) in [4.78, 5) is 24.9. The van der Waals surface area contributed by atoms with E-state index in [0.29, 0.717) is 31.5 Å². The zero-order chi connectivity index (χ0) is 19.2. The molecule has 1 saturated heterocycles. The van der Waals surface area contributed by atoms with Crippen molar-refractivity contribution in [3.8, 4) is 5.88 Å². The molecule has 1 amide bonds. The van der Waals surface area contributed by atoms with Crippen LogP contribution in [0.1, 0.15) is 38.8 Å². The average molecular weight is 374 g/mol. The molecule has 2 aliphatic rings. The van der Waals surface area contributed by atoms with Crippen LogP contribution in [-0.4, -0.2) is 71.8 Å². The summed E-state index contributed by atoms with van der Waals surface area (Å²) >= 11 is 0. The number of hydrogen-bond acceptors (Lipinski definition) is 6. The Kier molecular flexibility index (Phi) is 6.66. The number of amides is 1. The summed E-state index contributed by atoms with van der Waals surface area (Å²) in [7, 11) is 2.12. The number of aromatic nitrogens is 2. The highest BCUT2D eigenvalue weighted by atomic mass is 16.6. The number of nitrogens with zero attached hydrogens (tertiary/aromatic N) is 4. The van der Waals surface area contributed by atoms with Gasteiger partial charge in [-0.05, 0) is 51.6 Å². The van der Waals surface area contributed by atoms with E-state index in [0.717, 1.165) is 38.0 Å². The summed E-state index contributed by atoms with van der Waals surface area (Å²) in [5.41, 5.74) is 2.19. The van der Waals surface area contributed by atoms with Crippen molar-refractivity contribution in [3.63, 3.8) is 0 Å². The molecule has 0 radical (unpaired) electrons. The zero-order valence-electron chi connectivity index (χ0n) is 16.6. The second-order valence-corrected chi connectivity index (χ2v) is 7.66. The van der Waals surface area contributed by atoms with Crippen molar-refractivity contribution >= 4 is 11.7 Å². The van der Waals surface area contributed by atoms with Crippen molar-refractivity contribution in [1.82, 2.24) is 19.8 Å². The molecule has 0 unspecified atom stereocenters. The maximum absolute atomic E-state index is 11.9. The van der Waals surface area contributed by atoms with Gasteiger partial charge >= 0.3 is 6.09 Å². The number of hydrogen-bond donors (Lipinski definition) is 0. The van der Waals surface area contributed by atoms with Gasteiger partial charge in [0.05, 0.1) is 30.8 Å². The fraction of sp³-hybridized carbons (Fsp3) is 0.650. The second-order valence-electron chi connectivity index (χ2n) is 7.66. The fourth-order valence-corrected chi connectivity index (χ4v) is 3.32. The van der Waals surface area contributed by atoms with E-state index in [1.807, 2.05) is 13.8 Å². The van der Waals surface area contributed by atoms with Crippen LogP contribution < -0.4 is 4.74 Å². The largest absolute Gasteiger partial charge is 0.476 e. The number of piperidine rings is 1. The van der Waals surface area contributed by atoms with Crippen molar-refractivity contribution in [1.29, 1.82) is 0 Å². The van der Waals surface area contributed by atoms with E-state index in [4.69, 9.17) is 9.47 Å². The lowest BCUT2D eigenvalue weighted by molar-refractivity contribution is 0.0606. The van der Waals surface area contributed by atoms with Gasteiger partial charge in [-0.3, -0.25) is 0 Å². The van der Waals surface area contributed by atoms with E-state index in [2.05, 4.69) is 28.0 Å². The van der Waals surface area contributed by atoms with Gasteiger partial charge < -0.3 is 19.3 Å². The van der Waals surface area contributed by atoms with Crippen molar-refractivity contribution in [2.24, 2.45) is 5.92 Å². The molecule has 1 aromatic heterocycles. The van der Waals surface area contributed by atoms with Crippen molar-refractivity contribution in [2.75, 3.05) is 39.8 Å². The fourth-order valence-electron chi connectivity index (χ4n) is 3.32. The highest BCUT2D eigenvalue weighted by molar-refractivity contribution is 5.67. The highest BCUT2D eigenvalue weighted by Gasteiger charge is 2.24. The lowest BCUT2D eigenvalue weighted by atomic mass is 9.98. The van der Waals surface area contributed by atoms with E-state index < -0.39 is 0 Å². The third kappa shape index (κ3) is 5.66. The average Bonchev–Trinajstić information content (AvgIpc) is 2.67. The van der Waals surface area contributed by atoms with Gasteiger partial charge in [0.2, 0.25) is 5.88 Å². The van der Waals surface area contributed by atoms with Crippen LogP contribution in [0.2, 0.25) is 0 Å². The Morgan fingerprint density at radius 3 is 2.59 bits per heavy atom. The molecule has 1 aromatic rings. The first-order valence-corrected chi connectivity index (χ1v) is 9.79. The van der Waals surface area contributed by atoms with Crippen molar-refractivity contribution < 1.29 is 14.3 Å². The van der Waals surface area contributed by atoms with Gasteiger partial charge in [-0.15, -0.1) is 0 Å². The molecule has 0 aromatic carbocycles. The normalized spacial score (nSPS) is 19.1. The number of rotatable bonds is 5. The number of likely N-dealkylation sites (tertiary alicyclic amines) is 1. The summed E-state index contributed by atoms with van der Waals surface area (Å²) < 4.78 is 11.1. The molecule has 0 saturated carbocycles.